The first-order chi connectivity index (χ1) is 9.40. The summed E-state index contributed by atoms with van der Waals surface area (Å²) in [5, 5.41) is 14.7. The Morgan fingerprint density at radius 1 is 1.55 bits per heavy atom. The number of aromatic carboxylic acids is 1. The van der Waals surface area contributed by atoms with Gasteiger partial charge in [-0.15, -0.1) is 6.58 Å². The molecule has 8 nitrogen and oxygen atoms in total. The second-order valence-corrected chi connectivity index (χ2v) is 5.62. The quantitative estimate of drug-likeness (QED) is 0.445. The molecule has 0 aliphatic carbocycles. The summed E-state index contributed by atoms with van der Waals surface area (Å²) in [4.78, 5) is 10.6. The number of aromatic amines is 1. The number of hydrogen-bond acceptors (Lipinski definition) is 5. The molecule has 1 rings (SSSR count). The van der Waals surface area contributed by atoms with Gasteiger partial charge in [-0.25, -0.2) is 17.9 Å². The highest BCUT2D eigenvalue weighted by Crippen LogP contribution is 2.17. The standard InChI is InChI=1S/C11H17N3O5S/c1-3-4-6-19-7-5-12-20(17,18)10-8(2)13-14-9(10)11(15)16/h3,12H,1,4-7H2,2H3,(H,13,14)(H,15,16). The van der Waals surface area contributed by atoms with E-state index in [9.17, 15) is 13.2 Å². The fourth-order valence-corrected chi connectivity index (χ4v) is 2.81. The molecule has 0 spiro atoms. The maximum atomic E-state index is 12.0. The lowest BCUT2D eigenvalue weighted by molar-refractivity contribution is 0.0686. The molecular formula is C11H17N3O5S. The first-order valence-corrected chi connectivity index (χ1v) is 7.35. The molecule has 20 heavy (non-hydrogen) atoms. The molecule has 0 aromatic carbocycles. The van der Waals surface area contributed by atoms with Gasteiger partial charge in [-0.1, -0.05) is 6.08 Å². The summed E-state index contributed by atoms with van der Waals surface area (Å²) in [5.74, 6) is -1.41. The predicted octanol–water partition coefficient (Wildman–Crippen LogP) is 0.287. The van der Waals surface area contributed by atoms with E-state index in [-0.39, 0.29) is 23.7 Å². The number of nitrogens with one attached hydrogen (secondary N) is 2. The summed E-state index contributed by atoms with van der Waals surface area (Å²) >= 11 is 0. The summed E-state index contributed by atoms with van der Waals surface area (Å²) in [6.45, 7) is 5.66. The van der Waals surface area contributed by atoms with Crippen molar-refractivity contribution < 1.29 is 23.1 Å². The minimum atomic E-state index is -3.94. The van der Waals surface area contributed by atoms with Crippen LogP contribution in [0.4, 0.5) is 0 Å². The third kappa shape index (κ3) is 4.15. The number of nitrogens with zero attached hydrogens (tertiary/aromatic N) is 1. The normalized spacial score (nSPS) is 11.4. The van der Waals surface area contributed by atoms with Crippen LogP contribution in [-0.2, 0) is 14.8 Å². The Hall–Kier alpha value is -1.71. The highest BCUT2D eigenvalue weighted by Gasteiger charge is 2.27. The molecule has 0 amide bonds. The van der Waals surface area contributed by atoms with E-state index in [0.717, 1.165) is 0 Å². The van der Waals surface area contributed by atoms with Crippen molar-refractivity contribution in [3.05, 3.63) is 24.0 Å². The number of carbonyl (C=O) groups is 1. The molecule has 0 saturated heterocycles. The van der Waals surface area contributed by atoms with Crippen LogP contribution in [0, 0.1) is 6.92 Å². The average Bonchev–Trinajstić information content (AvgIpc) is 2.76. The molecule has 0 saturated carbocycles. The number of ether oxygens (including phenoxy) is 1. The molecule has 1 aromatic rings. The largest absolute Gasteiger partial charge is 0.476 e. The van der Waals surface area contributed by atoms with Crippen LogP contribution in [0.25, 0.3) is 0 Å². The van der Waals surface area contributed by atoms with Gasteiger partial charge in [0.15, 0.2) is 5.69 Å². The second kappa shape index (κ2) is 7.17. The zero-order valence-corrected chi connectivity index (χ0v) is 11.9. The molecule has 112 valence electrons. The number of carboxylic acid groups (broad SMARTS) is 1. The number of rotatable bonds is 9. The van der Waals surface area contributed by atoms with Crippen molar-refractivity contribution in [2.75, 3.05) is 19.8 Å². The molecule has 9 heteroatoms. The van der Waals surface area contributed by atoms with Gasteiger partial charge in [-0.2, -0.15) is 5.10 Å². The predicted molar refractivity (Wildman–Crippen MR) is 71.1 cm³/mol. The lowest BCUT2D eigenvalue weighted by atomic mass is 10.4. The van der Waals surface area contributed by atoms with Gasteiger partial charge in [0, 0.05) is 6.54 Å². The molecule has 0 radical (unpaired) electrons. The Morgan fingerprint density at radius 3 is 2.85 bits per heavy atom. The van der Waals surface area contributed by atoms with E-state index < -0.39 is 21.7 Å². The van der Waals surface area contributed by atoms with Crippen LogP contribution in [-0.4, -0.2) is 49.4 Å². The van der Waals surface area contributed by atoms with E-state index in [1.54, 1.807) is 6.08 Å². The number of aryl methyl sites for hydroxylation is 1. The summed E-state index contributed by atoms with van der Waals surface area (Å²) in [6.07, 6.45) is 2.37. The smallest absolute Gasteiger partial charge is 0.357 e. The van der Waals surface area contributed by atoms with Crippen LogP contribution < -0.4 is 4.72 Å². The van der Waals surface area contributed by atoms with Crippen molar-refractivity contribution in [2.24, 2.45) is 0 Å². The minimum absolute atomic E-state index is 0.0448. The summed E-state index contributed by atoms with van der Waals surface area (Å²) in [7, 11) is -3.94. The number of sulfonamides is 1. The molecule has 0 aliphatic rings. The number of hydrogen-bond donors (Lipinski definition) is 3. The summed E-state index contributed by atoms with van der Waals surface area (Å²) in [5.41, 5.74) is -0.356. The zero-order chi connectivity index (χ0) is 15.2. The Balaban J connectivity index is 2.67. The highest BCUT2D eigenvalue weighted by molar-refractivity contribution is 7.89. The molecule has 0 bridgehead atoms. The zero-order valence-electron chi connectivity index (χ0n) is 11.0. The van der Waals surface area contributed by atoms with Gasteiger partial charge < -0.3 is 9.84 Å². The van der Waals surface area contributed by atoms with Gasteiger partial charge in [0.2, 0.25) is 10.0 Å². The molecular weight excluding hydrogens is 286 g/mol. The summed E-state index contributed by atoms with van der Waals surface area (Å²) in [6, 6.07) is 0. The van der Waals surface area contributed by atoms with E-state index >= 15 is 0 Å². The van der Waals surface area contributed by atoms with Gasteiger partial charge in [-0.05, 0) is 13.3 Å². The Bertz CT molecular complexity index is 579. The van der Waals surface area contributed by atoms with Crippen LogP contribution in [0.2, 0.25) is 0 Å². The van der Waals surface area contributed by atoms with Crippen LogP contribution >= 0.6 is 0 Å². The van der Waals surface area contributed by atoms with Crippen LogP contribution in [0.3, 0.4) is 0 Å². The number of carboxylic acids is 1. The van der Waals surface area contributed by atoms with Crippen molar-refractivity contribution in [3.63, 3.8) is 0 Å². The van der Waals surface area contributed by atoms with Gasteiger partial charge in [-0.3, -0.25) is 5.10 Å². The van der Waals surface area contributed by atoms with Gasteiger partial charge >= 0.3 is 5.97 Å². The van der Waals surface area contributed by atoms with Gasteiger partial charge in [0.25, 0.3) is 0 Å². The highest BCUT2D eigenvalue weighted by atomic mass is 32.2. The summed E-state index contributed by atoms with van der Waals surface area (Å²) < 4.78 is 31.5. The second-order valence-electron chi connectivity index (χ2n) is 3.92. The van der Waals surface area contributed by atoms with Gasteiger partial charge in [0.1, 0.15) is 4.90 Å². The van der Waals surface area contributed by atoms with E-state index in [2.05, 4.69) is 21.5 Å². The van der Waals surface area contributed by atoms with Crippen molar-refractivity contribution in [3.8, 4) is 0 Å². The molecule has 0 atom stereocenters. The third-order valence-electron chi connectivity index (χ3n) is 2.37. The number of aromatic nitrogens is 2. The average molecular weight is 303 g/mol. The molecule has 0 aliphatic heterocycles. The van der Waals surface area contributed by atoms with E-state index in [1.807, 2.05) is 0 Å². The maximum Gasteiger partial charge on any atom is 0.357 e. The maximum absolute atomic E-state index is 12.0. The van der Waals surface area contributed by atoms with Crippen LogP contribution in [0.1, 0.15) is 22.6 Å². The first-order valence-electron chi connectivity index (χ1n) is 5.86. The monoisotopic (exact) mass is 303 g/mol. The van der Waals surface area contributed by atoms with Crippen molar-refractivity contribution in [1.29, 1.82) is 0 Å². The first kappa shape index (κ1) is 16.3. The third-order valence-corrected chi connectivity index (χ3v) is 3.99. The fourth-order valence-electron chi connectivity index (χ4n) is 1.48. The van der Waals surface area contributed by atoms with Crippen LogP contribution in [0.5, 0.6) is 0 Å². The van der Waals surface area contributed by atoms with E-state index in [4.69, 9.17) is 9.84 Å². The van der Waals surface area contributed by atoms with Gasteiger partial charge in [0.05, 0.1) is 18.9 Å². The molecule has 0 unspecified atom stereocenters. The lowest BCUT2D eigenvalue weighted by Crippen LogP contribution is -2.29. The Morgan fingerprint density at radius 2 is 2.25 bits per heavy atom. The molecule has 1 heterocycles. The topological polar surface area (TPSA) is 121 Å². The van der Waals surface area contributed by atoms with Crippen molar-refractivity contribution in [2.45, 2.75) is 18.2 Å². The fraction of sp³-hybridized carbons (Fsp3) is 0.455. The molecule has 3 N–H and O–H groups in total. The van der Waals surface area contributed by atoms with Crippen molar-refractivity contribution >= 4 is 16.0 Å². The Labute approximate surface area is 116 Å². The minimum Gasteiger partial charge on any atom is -0.476 e. The molecule has 0 fully saturated rings. The Kier molecular flexibility index (Phi) is 5.86. The lowest BCUT2D eigenvalue weighted by Gasteiger charge is -2.07. The van der Waals surface area contributed by atoms with E-state index in [0.29, 0.717) is 13.0 Å². The van der Waals surface area contributed by atoms with Crippen molar-refractivity contribution in [1.82, 2.24) is 14.9 Å². The van der Waals surface area contributed by atoms with Crippen LogP contribution in [0.15, 0.2) is 17.6 Å². The molecule has 1 aromatic heterocycles. The van der Waals surface area contributed by atoms with E-state index in [1.165, 1.54) is 6.92 Å². The number of H-pyrrole nitrogens is 1. The SMILES string of the molecule is C=CCCOCCNS(=O)(=O)c1c(C(=O)O)n[nH]c1C.